The Labute approximate surface area is 114 Å². The lowest BCUT2D eigenvalue weighted by atomic mass is 9.98. The van der Waals surface area contributed by atoms with Crippen molar-refractivity contribution < 1.29 is 14.9 Å². The van der Waals surface area contributed by atoms with Crippen LogP contribution in [0.5, 0.6) is 5.75 Å². The summed E-state index contributed by atoms with van der Waals surface area (Å²) in [5.74, 6) is 3.14. The van der Waals surface area contributed by atoms with Gasteiger partial charge in [-0.05, 0) is 12.5 Å². The molecule has 104 valence electrons. The molecule has 0 unspecified atom stereocenters. The molecule has 0 aliphatic heterocycles. The molecule has 1 aromatic rings. The molecular formula is C15H21NO3. The first-order valence-corrected chi connectivity index (χ1v) is 6.32. The number of hydrogen-bond donors (Lipinski definition) is 3. The van der Waals surface area contributed by atoms with Crippen LogP contribution in [0.15, 0.2) is 24.3 Å². The van der Waals surface area contributed by atoms with Crippen molar-refractivity contribution in [2.75, 3.05) is 19.8 Å². The average molecular weight is 263 g/mol. The summed E-state index contributed by atoms with van der Waals surface area (Å²) < 4.78 is 5.45. The predicted molar refractivity (Wildman–Crippen MR) is 74.8 cm³/mol. The first-order valence-electron chi connectivity index (χ1n) is 6.32. The maximum atomic E-state index is 9.38. The molecule has 0 amide bonds. The lowest BCUT2D eigenvalue weighted by Gasteiger charge is -2.30. The Morgan fingerprint density at radius 3 is 2.58 bits per heavy atom. The van der Waals surface area contributed by atoms with E-state index in [4.69, 9.17) is 11.2 Å². The number of terminal acetylenes is 1. The van der Waals surface area contributed by atoms with Gasteiger partial charge < -0.3 is 20.3 Å². The Kier molecular flexibility index (Phi) is 6.37. The van der Waals surface area contributed by atoms with Crippen molar-refractivity contribution in [2.45, 2.75) is 25.4 Å². The zero-order chi connectivity index (χ0) is 14.1. The molecule has 1 aromatic carbocycles. The molecule has 4 nitrogen and oxygen atoms in total. The number of ether oxygens (including phenoxy) is 1. The molecule has 0 aromatic heterocycles. The van der Waals surface area contributed by atoms with Crippen molar-refractivity contribution in [1.29, 1.82) is 0 Å². The highest BCUT2D eigenvalue weighted by atomic mass is 16.5. The van der Waals surface area contributed by atoms with Crippen LogP contribution in [0.4, 0.5) is 0 Å². The summed E-state index contributed by atoms with van der Waals surface area (Å²) in [5.41, 5.74) is 0.275. The molecule has 0 aliphatic rings. The summed E-state index contributed by atoms with van der Waals surface area (Å²) in [4.78, 5) is 0. The van der Waals surface area contributed by atoms with Crippen LogP contribution in [-0.4, -0.2) is 35.6 Å². The van der Waals surface area contributed by atoms with Gasteiger partial charge in [0.15, 0.2) is 0 Å². The van der Waals surface area contributed by atoms with E-state index in [2.05, 4.69) is 11.2 Å². The summed E-state index contributed by atoms with van der Waals surface area (Å²) in [5, 5.41) is 22.0. The SMILES string of the molecule is C#CCOc1ccccc1CNC(CC)(CO)CO. The molecule has 0 radical (unpaired) electrons. The zero-order valence-corrected chi connectivity index (χ0v) is 11.2. The number of aliphatic hydroxyl groups excluding tert-OH is 2. The highest BCUT2D eigenvalue weighted by molar-refractivity contribution is 5.33. The standard InChI is InChI=1S/C15H21NO3/c1-3-9-19-14-8-6-5-7-13(14)10-16-15(4-2,11-17)12-18/h1,5-8,16-18H,4,9-12H2,2H3. The third-order valence-electron chi connectivity index (χ3n) is 3.22. The molecule has 0 bridgehead atoms. The number of rotatable bonds is 8. The molecule has 4 heteroatoms. The summed E-state index contributed by atoms with van der Waals surface area (Å²) in [6.45, 7) is 2.40. The Bertz CT molecular complexity index is 413. The van der Waals surface area contributed by atoms with Crippen LogP contribution in [0, 0.1) is 12.3 Å². The van der Waals surface area contributed by atoms with Crippen molar-refractivity contribution in [3.8, 4) is 18.1 Å². The van der Waals surface area contributed by atoms with Gasteiger partial charge in [0.2, 0.25) is 0 Å². The summed E-state index contributed by atoms with van der Waals surface area (Å²) in [7, 11) is 0. The minimum atomic E-state index is -0.667. The average Bonchev–Trinajstić information content (AvgIpc) is 2.48. The normalized spacial score (nSPS) is 11.1. The fraction of sp³-hybridized carbons (Fsp3) is 0.467. The molecule has 19 heavy (non-hydrogen) atoms. The summed E-state index contributed by atoms with van der Waals surface area (Å²) in [6.07, 6.45) is 5.81. The van der Waals surface area contributed by atoms with Gasteiger partial charge in [-0.3, -0.25) is 0 Å². The van der Waals surface area contributed by atoms with E-state index >= 15 is 0 Å². The fourth-order valence-corrected chi connectivity index (χ4v) is 1.70. The molecule has 0 saturated heterocycles. The Morgan fingerprint density at radius 2 is 2.00 bits per heavy atom. The Morgan fingerprint density at radius 1 is 1.32 bits per heavy atom. The zero-order valence-electron chi connectivity index (χ0n) is 11.2. The number of para-hydroxylation sites is 1. The van der Waals surface area contributed by atoms with Crippen LogP contribution in [0.3, 0.4) is 0 Å². The highest BCUT2D eigenvalue weighted by Gasteiger charge is 2.25. The number of nitrogens with one attached hydrogen (secondary N) is 1. The first-order chi connectivity index (χ1) is 9.21. The second-order valence-electron chi connectivity index (χ2n) is 4.40. The smallest absolute Gasteiger partial charge is 0.148 e. The molecule has 0 spiro atoms. The van der Waals surface area contributed by atoms with Crippen LogP contribution in [0.1, 0.15) is 18.9 Å². The maximum absolute atomic E-state index is 9.38. The quantitative estimate of drug-likeness (QED) is 0.610. The molecule has 1 rings (SSSR count). The molecule has 0 aliphatic carbocycles. The van der Waals surface area contributed by atoms with Gasteiger partial charge in [0.1, 0.15) is 12.4 Å². The Balaban J connectivity index is 2.74. The third kappa shape index (κ3) is 4.25. The van der Waals surface area contributed by atoms with Gasteiger partial charge in [0.25, 0.3) is 0 Å². The summed E-state index contributed by atoms with van der Waals surface area (Å²) in [6, 6.07) is 7.56. The van der Waals surface area contributed by atoms with Crippen molar-refractivity contribution in [2.24, 2.45) is 0 Å². The molecule has 0 heterocycles. The van der Waals surface area contributed by atoms with Crippen molar-refractivity contribution in [3.05, 3.63) is 29.8 Å². The van der Waals surface area contributed by atoms with E-state index in [1.165, 1.54) is 0 Å². The monoisotopic (exact) mass is 263 g/mol. The minimum absolute atomic E-state index is 0.118. The number of aliphatic hydroxyl groups is 2. The number of benzene rings is 1. The summed E-state index contributed by atoms with van der Waals surface area (Å²) >= 11 is 0. The highest BCUT2D eigenvalue weighted by Crippen LogP contribution is 2.19. The van der Waals surface area contributed by atoms with Crippen molar-refractivity contribution >= 4 is 0 Å². The van der Waals surface area contributed by atoms with E-state index in [0.29, 0.717) is 18.7 Å². The van der Waals surface area contributed by atoms with Crippen LogP contribution in [-0.2, 0) is 6.54 Å². The van der Waals surface area contributed by atoms with Crippen molar-refractivity contribution in [3.63, 3.8) is 0 Å². The van der Waals surface area contributed by atoms with E-state index in [1.807, 2.05) is 31.2 Å². The van der Waals surface area contributed by atoms with E-state index in [9.17, 15) is 10.2 Å². The van der Waals surface area contributed by atoms with Gasteiger partial charge in [0, 0.05) is 12.1 Å². The predicted octanol–water partition coefficient (Wildman–Crippen LogP) is 0.922. The topological polar surface area (TPSA) is 61.7 Å². The number of hydrogen-bond acceptors (Lipinski definition) is 4. The van der Waals surface area contributed by atoms with Gasteiger partial charge in [-0.25, -0.2) is 0 Å². The molecule has 0 saturated carbocycles. The lowest BCUT2D eigenvalue weighted by Crippen LogP contribution is -2.50. The van der Waals surface area contributed by atoms with Crippen LogP contribution in [0.2, 0.25) is 0 Å². The first kappa shape index (κ1) is 15.5. The van der Waals surface area contributed by atoms with E-state index in [1.54, 1.807) is 0 Å². The van der Waals surface area contributed by atoms with Crippen molar-refractivity contribution in [1.82, 2.24) is 5.32 Å². The molecular weight excluding hydrogens is 242 g/mol. The second kappa shape index (κ2) is 7.80. The third-order valence-corrected chi connectivity index (χ3v) is 3.22. The van der Waals surface area contributed by atoms with E-state index in [0.717, 1.165) is 5.56 Å². The maximum Gasteiger partial charge on any atom is 0.148 e. The molecule has 3 N–H and O–H groups in total. The minimum Gasteiger partial charge on any atom is -0.481 e. The van der Waals surface area contributed by atoms with Gasteiger partial charge in [-0.1, -0.05) is 31.0 Å². The molecule has 0 fully saturated rings. The fourth-order valence-electron chi connectivity index (χ4n) is 1.70. The van der Waals surface area contributed by atoms with Crippen LogP contribution >= 0.6 is 0 Å². The van der Waals surface area contributed by atoms with Crippen LogP contribution < -0.4 is 10.1 Å². The largest absolute Gasteiger partial charge is 0.481 e. The van der Waals surface area contributed by atoms with Gasteiger partial charge in [-0.15, -0.1) is 6.42 Å². The Hall–Kier alpha value is -1.54. The van der Waals surface area contributed by atoms with Gasteiger partial charge in [0.05, 0.1) is 18.8 Å². The second-order valence-corrected chi connectivity index (χ2v) is 4.40. The lowest BCUT2D eigenvalue weighted by molar-refractivity contribution is 0.0862. The van der Waals surface area contributed by atoms with E-state index in [-0.39, 0.29) is 19.8 Å². The van der Waals surface area contributed by atoms with E-state index < -0.39 is 5.54 Å². The van der Waals surface area contributed by atoms with Crippen LogP contribution in [0.25, 0.3) is 0 Å². The van der Waals surface area contributed by atoms with Gasteiger partial charge in [-0.2, -0.15) is 0 Å². The van der Waals surface area contributed by atoms with Gasteiger partial charge >= 0.3 is 0 Å². The molecule has 0 atom stereocenters.